The van der Waals surface area contributed by atoms with Crippen molar-refractivity contribution >= 4 is 68.2 Å². The number of hydrogen-bond acceptors (Lipinski definition) is 3. The van der Waals surface area contributed by atoms with Crippen molar-refractivity contribution in [3.8, 4) is 0 Å². The lowest BCUT2D eigenvalue weighted by molar-refractivity contribution is 1.30. The van der Waals surface area contributed by atoms with Crippen molar-refractivity contribution in [2.75, 3.05) is 0 Å². The average molecular weight is 434 g/mol. The molecule has 2 heterocycles. The number of aromatic nitrogens is 2. The van der Waals surface area contributed by atoms with Crippen LogP contribution < -0.4 is 5.73 Å². The summed E-state index contributed by atoms with van der Waals surface area (Å²) in [6.07, 6.45) is 6.49. The second-order valence-corrected chi connectivity index (χ2v) is 5.50. The maximum absolute atomic E-state index is 6.60. The van der Waals surface area contributed by atoms with Crippen molar-refractivity contribution < 1.29 is 0 Å². The second kappa shape index (κ2) is 9.83. The topological polar surface area (TPSA) is 56.2 Å². The molecule has 20 heavy (non-hydrogen) atoms. The molecule has 4 nitrogen and oxygen atoms in total. The highest BCUT2D eigenvalue weighted by molar-refractivity contribution is 9.10. The molecular formula is C12H10Br2N4S2. The molecule has 0 saturated heterocycles. The standard InChI is InChI=1S/C6H5BrN2S.C6H3BrN2.H2S/c7-5-1-4(6(8)10)2-9-3-5;1-8-6-2-5(7)3-9-4-6;/h1-3H,(H2,8,10);2-4H;1H2. The van der Waals surface area contributed by atoms with Gasteiger partial charge in [-0.05, 0) is 28.1 Å². The number of thiocarbonyl (C=S) groups is 1. The maximum Gasteiger partial charge on any atom is 0.206 e. The van der Waals surface area contributed by atoms with E-state index < -0.39 is 0 Å². The van der Waals surface area contributed by atoms with Crippen molar-refractivity contribution in [1.82, 2.24) is 9.97 Å². The minimum atomic E-state index is 0. The third kappa shape index (κ3) is 6.96. The van der Waals surface area contributed by atoms with Crippen LogP contribution in [0.5, 0.6) is 0 Å². The summed E-state index contributed by atoms with van der Waals surface area (Å²) in [6.45, 7) is 6.60. The Labute approximate surface area is 146 Å². The Morgan fingerprint density at radius 1 is 1.10 bits per heavy atom. The molecule has 0 atom stereocenters. The lowest BCUT2D eigenvalue weighted by Gasteiger charge is -1.95. The maximum atomic E-state index is 6.60. The first-order valence-electron chi connectivity index (χ1n) is 4.91. The van der Waals surface area contributed by atoms with Gasteiger partial charge in [-0.1, -0.05) is 28.1 Å². The van der Waals surface area contributed by atoms with E-state index in [1.807, 2.05) is 6.07 Å². The molecule has 0 radical (unpaired) electrons. The molecule has 0 fully saturated rings. The van der Waals surface area contributed by atoms with Gasteiger partial charge in [-0.3, -0.25) is 9.97 Å². The average Bonchev–Trinajstić information content (AvgIpc) is 2.39. The molecule has 2 N–H and O–H groups in total. The van der Waals surface area contributed by atoms with E-state index in [4.69, 9.17) is 24.5 Å². The molecule has 0 unspecified atom stereocenters. The van der Waals surface area contributed by atoms with Crippen LogP contribution >= 0.6 is 57.6 Å². The van der Waals surface area contributed by atoms with E-state index in [0.717, 1.165) is 14.5 Å². The van der Waals surface area contributed by atoms with Gasteiger partial charge in [-0.2, -0.15) is 13.5 Å². The van der Waals surface area contributed by atoms with Gasteiger partial charge in [0.25, 0.3) is 0 Å². The van der Waals surface area contributed by atoms with Crippen LogP contribution in [0.25, 0.3) is 4.85 Å². The van der Waals surface area contributed by atoms with E-state index in [0.29, 0.717) is 10.7 Å². The van der Waals surface area contributed by atoms with E-state index in [9.17, 15) is 0 Å². The first-order valence-corrected chi connectivity index (χ1v) is 6.90. The van der Waals surface area contributed by atoms with Crippen molar-refractivity contribution in [2.45, 2.75) is 0 Å². The highest BCUT2D eigenvalue weighted by Gasteiger charge is 1.95. The van der Waals surface area contributed by atoms with Crippen LogP contribution in [-0.2, 0) is 0 Å². The van der Waals surface area contributed by atoms with Crippen LogP contribution in [0, 0.1) is 6.57 Å². The molecule has 8 heteroatoms. The van der Waals surface area contributed by atoms with E-state index in [1.54, 1.807) is 24.7 Å². The van der Waals surface area contributed by atoms with Gasteiger partial charge < -0.3 is 5.73 Å². The summed E-state index contributed by atoms with van der Waals surface area (Å²) >= 11 is 11.2. The quantitative estimate of drug-likeness (QED) is 0.545. The number of nitrogens with two attached hydrogens (primary N) is 1. The predicted octanol–water partition coefficient (Wildman–Crippen LogP) is 3.99. The lowest BCUT2D eigenvalue weighted by Crippen LogP contribution is -2.09. The summed E-state index contributed by atoms with van der Waals surface area (Å²) in [5, 5.41) is 0. The highest BCUT2D eigenvalue weighted by atomic mass is 79.9. The number of nitrogens with zero attached hydrogens (tertiary/aromatic N) is 3. The SMILES string of the molecule is NC(=S)c1cncc(Br)c1.S.[C-]#[N+]c1cncc(Br)c1. The molecule has 2 aromatic heterocycles. The smallest absolute Gasteiger partial charge is 0.206 e. The highest BCUT2D eigenvalue weighted by Crippen LogP contribution is 2.15. The van der Waals surface area contributed by atoms with Gasteiger partial charge in [0.1, 0.15) is 4.99 Å². The summed E-state index contributed by atoms with van der Waals surface area (Å²) < 4.78 is 1.73. The number of halogens is 2. The Bertz CT molecular complexity index is 629. The Morgan fingerprint density at radius 2 is 1.65 bits per heavy atom. The summed E-state index contributed by atoms with van der Waals surface area (Å²) in [7, 11) is 0. The lowest BCUT2D eigenvalue weighted by atomic mass is 10.3. The zero-order valence-electron chi connectivity index (χ0n) is 10.0. The normalized spacial score (nSPS) is 8.45. The van der Waals surface area contributed by atoms with Crippen LogP contribution in [0.3, 0.4) is 0 Å². The Kier molecular flexibility index (Phi) is 9.33. The monoisotopic (exact) mass is 432 g/mol. The molecule has 2 rings (SSSR count). The fraction of sp³-hybridized carbons (Fsp3) is 0. The first kappa shape index (κ1) is 19.0. The third-order valence-corrected chi connectivity index (χ3v) is 2.91. The molecule has 0 saturated carbocycles. The molecule has 0 amide bonds. The molecular weight excluding hydrogens is 424 g/mol. The van der Waals surface area contributed by atoms with E-state index in [2.05, 4.69) is 46.7 Å². The first-order chi connectivity index (χ1) is 9.02. The Hall–Kier alpha value is -1.01. The zero-order chi connectivity index (χ0) is 14.3. The largest absolute Gasteiger partial charge is 0.389 e. The van der Waals surface area contributed by atoms with Crippen molar-refractivity contribution in [3.63, 3.8) is 0 Å². The van der Waals surface area contributed by atoms with E-state index >= 15 is 0 Å². The minimum absolute atomic E-state index is 0. The summed E-state index contributed by atoms with van der Waals surface area (Å²) in [4.78, 5) is 11.2. The Balaban J connectivity index is 0.000000345. The van der Waals surface area contributed by atoms with Gasteiger partial charge in [0, 0.05) is 39.3 Å². The molecule has 0 aromatic carbocycles. The van der Waals surface area contributed by atoms with Crippen LogP contribution in [0.1, 0.15) is 5.56 Å². The van der Waals surface area contributed by atoms with Crippen molar-refractivity contribution in [1.29, 1.82) is 0 Å². The fourth-order valence-corrected chi connectivity index (χ4v) is 1.84. The van der Waals surface area contributed by atoms with Crippen LogP contribution in [0.15, 0.2) is 45.9 Å². The molecule has 0 spiro atoms. The van der Waals surface area contributed by atoms with Gasteiger partial charge in [-0.15, -0.1) is 0 Å². The van der Waals surface area contributed by atoms with Gasteiger partial charge >= 0.3 is 0 Å². The molecule has 0 aliphatic rings. The Morgan fingerprint density at radius 3 is 2.00 bits per heavy atom. The second-order valence-electron chi connectivity index (χ2n) is 3.23. The minimum Gasteiger partial charge on any atom is -0.389 e. The molecule has 2 aromatic rings. The summed E-state index contributed by atoms with van der Waals surface area (Å²) in [5.74, 6) is 0. The van der Waals surface area contributed by atoms with E-state index in [1.165, 1.54) is 6.20 Å². The molecule has 0 bridgehead atoms. The van der Waals surface area contributed by atoms with Crippen molar-refractivity contribution in [3.05, 3.63) is 62.8 Å². The van der Waals surface area contributed by atoms with Crippen molar-refractivity contribution in [2.24, 2.45) is 5.73 Å². The zero-order valence-corrected chi connectivity index (χ0v) is 15.0. The predicted molar refractivity (Wildman–Crippen MR) is 96.4 cm³/mol. The molecule has 104 valence electrons. The van der Waals surface area contributed by atoms with Gasteiger partial charge in [0.2, 0.25) is 5.69 Å². The van der Waals surface area contributed by atoms with Crippen LogP contribution in [0.2, 0.25) is 0 Å². The number of pyridine rings is 2. The van der Waals surface area contributed by atoms with Crippen LogP contribution in [-0.4, -0.2) is 15.0 Å². The van der Waals surface area contributed by atoms with Gasteiger partial charge in [-0.25, -0.2) is 4.85 Å². The third-order valence-electron chi connectivity index (χ3n) is 1.81. The van der Waals surface area contributed by atoms with Crippen LogP contribution in [0.4, 0.5) is 5.69 Å². The summed E-state index contributed by atoms with van der Waals surface area (Å²) in [6, 6.07) is 3.55. The molecule has 0 aliphatic carbocycles. The summed E-state index contributed by atoms with van der Waals surface area (Å²) in [5.41, 5.74) is 6.69. The van der Waals surface area contributed by atoms with Gasteiger partial charge in [0.05, 0.1) is 6.57 Å². The number of rotatable bonds is 1. The van der Waals surface area contributed by atoms with Gasteiger partial charge in [0.15, 0.2) is 0 Å². The van der Waals surface area contributed by atoms with E-state index in [-0.39, 0.29) is 13.5 Å². The fourth-order valence-electron chi connectivity index (χ4n) is 1.01. The number of hydrogen-bond donors (Lipinski definition) is 1. The molecule has 0 aliphatic heterocycles.